The third-order valence-corrected chi connectivity index (χ3v) is 5.17. The van der Waals surface area contributed by atoms with Gasteiger partial charge >= 0.3 is 0 Å². The van der Waals surface area contributed by atoms with Gasteiger partial charge in [-0.05, 0) is 47.9 Å². The van der Waals surface area contributed by atoms with E-state index in [4.69, 9.17) is 9.84 Å². The van der Waals surface area contributed by atoms with E-state index in [-0.39, 0.29) is 5.78 Å². The predicted octanol–water partition coefficient (Wildman–Crippen LogP) is 5.51. The van der Waals surface area contributed by atoms with Gasteiger partial charge in [0.2, 0.25) is 0 Å². The summed E-state index contributed by atoms with van der Waals surface area (Å²) in [6.45, 7) is 0. The van der Waals surface area contributed by atoms with Gasteiger partial charge in [0.1, 0.15) is 11.4 Å². The lowest BCUT2D eigenvalue weighted by atomic mass is 10.1. The van der Waals surface area contributed by atoms with Gasteiger partial charge in [-0.25, -0.2) is 4.68 Å². The van der Waals surface area contributed by atoms with Crippen molar-refractivity contribution in [2.75, 3.05) is 7.11 Å². The molecule has 28 heavy (non-hydrogen) atoms. The number of para-hydroxylation sites is 1. The van der Waals surface area contributed by atoms with E-state index in [9.17, 15) is 4.79 Å². The fraction of sp³-hybridized carbons (Fsp3) is 0.0435. The quantitative estimate of drug-likeness (QED) is 0.324. The van der Waals surface area contributed by atoms with Gasteiger partial charge in [-0.1, -0.05) is 36.4 Å². The van der Waals surface area contributed by atoms with Crippen LogP contribution in [0.3, 0.4) is 0 Å². The van der Waals surface area contributed by atoms with Crippen LogP contribution in [-0.2, 0) is 0 Å². The number of benzene rings is 2. The lowest BCUT2D eigenvalue weighted by Gasteiger charge is -2.03. The summed E-state index contributed by atoms with van der Waals surface area (Å²) in [5.41, 5.74) is 3.54. The zero-order chi connectivity index (χ0) is 19.3. The van der Waals surface area contributed by atoms with Gasteiger partial charge in [0.25, 0.3) is 0 Å². The van der Waals surface area contributed by atoms with Crippen LogP contribution in [0.15, 0.2) is 84.4 Å². The first-order valence-electron chi connectivity index (χ1n) is 8.80. The van der Waals surface area contributed by atoms with Crippen molar-refractivity contribution in [3.05, 3.63) is 94.8 Å². The lowest BCUT2D eigenvalue weighted by molar-refractivity contribution is 0.105. The summed E-state index contributed by atoms with van der Waals surface area (Å²) >= 11 is 1.44. The van der Waals surface area contributed by atoms with E-state index in [1.807, 2.05) is 89.1 Å². The Kier molecular flexibility index (Phi) is 5.17. The molecule has 0 aliphatic carbocycles. The molecule has 0 aliphatic heterocycles. The number of aromatic nitrogens is 2. The summed E-state index contributed by atoms with van der Waals surface area (Å²) in [5, 5.41) is 6.67. The molecule has 0 N–H and O–H groups in total. The number of carbonyl (C=O) groups excluding carboxylic acids is 1. The van der Waals surface area contributed by atoms with E-state index >= 15 is 0 Å². The van der Waals surface area contributed by atoms with Crippen LogP contribution in [0.4, 0.5) is 0 Å². The fourth-order valence-corrected chi connectivity index (χ4v) is 3.53. The highest BCUT2D eigenvalue weighted by Gasteiger charge is 2.12. The van der Waals surface area contributed by atoms with Gasteiger partial charge in [-0.15, -0.1) is 11.3 Å². The molecule has 5 heteroatoms. The molecular formula is C23H18N2O2S. The molecule has 4 nitrogen and oxygen atoms in total. The number of hydrogen-bond acceptors (Lipinski definition) is 4. The molecular weight excluding hydrogens is 368 g/mol. The molecule has 0 spiro atoms. The average molecular weight is 386 g/mol. The molecule has 0 amide bonds. The smallest absolute Gasteiger partial charge is 0.195 e. The van der Waals surface area contributed by atoms with Gasteiger partial charge < -0.3 is 4.74 Å². The molecule has 0 radical (unpaired) electrons. The highest BCUT2D eigenvalue weighted by atomic mass is 32.1. The number of methoxy groups -OCH3 is 1. The highest BCUT2D eigenvalue weighted by molar-refractivity contribution is 7.12. The summed E-state index contributed by atoms with van der Waals surface area (Å²) in [5.74, 6) is 0.746. The summed E-state index contributed by atoms with van der Waals surface area (Å²) in [7, 11) is 1.64. The molecule has 0 aliphatic rings. The molecule has 0 saturated heterocycles. The number of thiophene rings is 1. The number of ketones is 1. The number of allylic oxidation sites excluding steroid dienone is 1. The van der Waals surface area contributed by atoms with Crippen LogP contribution in [0, 0.1) is 0 Å². The maximum absolute atomic E-state index is 12.4. The van der Waals surface area contributed by atoms with Crippen molar-refractivity contribution in [1.82, 2.24) is 9.78 Å². The molecule has 4 aromatic rings. The van der Waals surface area contributed by atoms with Gasteiger partial charge in [0.15, 0.2) is 5.78 Å². The monoisotopic (exact) mass is 386 g/mol. The molecule has 0 fully saturated rings. The van der Waals surface area contributed by atoms with Crippen molar-refractivity contribution in [3.63, 3.8) is 0 Å². The Bertz CT molecular complexity index is 1110. The minimum atomic E-state index is -0.0148. The van der Waals surface area contributed by atoms with E-state index in [0.717, 1.165) is 33.1 Å². The predicted molar refractivity (Wildman–Crippen MR) is 113 cm³/mol. The molecule has 2 heterocycles. The lowest BCUT2D eigenvalue weighted by Crippen LogP contribution is -1.94. The molecule has 2 aromatic carbocycles. The minimum Gasteiger partial charge on any atom is -0.497 e. The van der Waals surface area contributed by atoms with Crippen LogP contribution >= 0.6 is 11.3 Å². The average Bonchev–Trinajstić information content (AvgIpc) is 3.43. The Morgan fingerprint density at radius 2 is 1.93 bits per heavy atom. The van der Waals surface area contributed by atoms with E-state index in [1.54, 1.807) is 13.2 Å². The summed E-state index contributed by atoms with van der Waals surface area (Å²) in [4.78, 5) is 13.1. The topological polar surface area (TPSA) is 44.1 Å². The fourth-order valence-electron chi connectivity index (χ4n) is 2.88. The van der Waals surface area contributed by atoms with Crippen LogP contribution in [0.25, 0.3) is 23.0 Å². The second kappa shape index (κ2) is 8.06. The molecule has 0 unspecified atom stereocenters. The van der Waals surface area contributed by atoms with E-state index < -0.39 is 0 Å². The van der Waals surface area contributed by atoms with E-state index in [0.29, 0.717) is 0 Å². The zero-order valence-electron chi connectivity index (χ0n) is 15.3. The van der Waals surface area contributed by atoms with Crippen molar-refractivity contribution >= 4 is 23.2 Å². The zero-order valence-corrected chi connectivity index (χ0v) is 16.1. The Morgan fingerprint density at radius 3 is 2.68 bits per heavy atom. The number of ether oxygens (including phenoxy) is 1. The van der Waals surface area contributed by atoms with Crippen LogP contribution in [0.2, 0.25) is 0 Å². The molecule has 0 saturated carbocycles. The Balaban J connectivity index is 1.76. The van der Waals surface area contributed by atoms with Gasteiger partial charge in [0.05, 0.1) is 17.7 Å². The minimum absolute atomic E-state index is 0.0148. The highest BCUT2D eigenvalue weighted by Crippen LogP contribution is 2.28. The van der Waals surface area contributed by atoms with Crippen LogP contribution in [-0.4, -0.2) is 22.7 Å². The van der Waals surface area contributed by atoms with Crippen LogP contribution < -0.4 is 4.74 Å². The van der Waals surface area contributed by atoms with Gasteiger partial charge in [0, 0.05) is 17.3 Å². The normalized spacial score (nSPS) is 11.0. The van der Waals surface area contributed by atoms with Crippen molar-refractivity contribution in [2.45, 2.75) is 0 Å². The first-order valence-corrected chi connectivity index (χ1v) is 9.68. The van der Waals surface area contributed by atoms with Gasteiger partial charge in [-0.3, -0.25) is 4.79 Å². The van der Waals surface area contributed by atoms with Crippen molar-refractivity contribution < 1.29 is 9.53 Å². The standard InChI is InChI=1S/C23H18N2O2S/c1-27-20-10-5-7-17(15-20)23-18(12-13-21(26)22-11-6-14-28-22)16-25(24-23)19-8-3-2-4-9-19/h2-16H,1H3/b13-12+. The first-order chi connectivity index (χ1) is 13.7. The van der Waals surface area contributed by atoms with E-state index in [1.165, 1.54) is 11.3 Å². The van der Waals surface area contributed by atoms with Crippen molar-refractivity contribution in [1.29, 1.82) is 0 Å². The number of rotatable bonds is 6. The Hall–Kier alpha value is -3.44. The van der Waals surface area contributed by atoms with E-state index in [2.05, 4.69) is 0 Å². The van der Waals surface area contributed by atoms with Gasteiger partial charge in [-0.2, -0.15) is 5.10 Å². The largest absolute Gasteiger partial charge is 0.497 e. The summed E-state index contributed by atoms with van der Waals surface area (Å²) in [6, 6.07) is 21.3. The Morgan fingerprint density at radius 1 is 1.07 bits per heavy atom. The number of nitrogens with zero attached hydrogens (tertiary/aromatic N) is 2. The molecule has 0 bridgehead atoms. The molecule has 2 aromatic heterocycles. The summed E-state index contributed by atoms with van der Waals surface area (Å²) in [6.07, 6.45) is 5.35. The molecule has 0 atom stereocenters. The summed E-state index contributed by atoms with van der Waals surface area (Å²) < 4.78 is 7.17. The maximum Gasteiger partial charge on any atom is 0.195 e. The molecule has 4 rings (SSSR count). The second-order valence-corrected chi connectivity index (χ2v) is 7.07. The third kappa shape index (κ3) is 3.80. The maximum atomic E-state index is 12.4. The first kappa shape index (κ1) is 17.9. The Labute approximate surface area is 167 Å². The number of carbonyl (C=O) groups is 1. The van der Waals surface area contributed by atoms with Crippen LogP contribution in [0.5, 0.6) is 5.75 Å². The third-order valence-electron chi connectivity index (χ3n) is 4.28. The second-order valence-electron chi connectivity index (χ2n) is 6.12. The number of hydrogen-bond donors (Lipinski definition) is 0. The van der Waals surface area contributed by atoms with Crippen molar-refractivity contribution in [3.8, 4) is 22.7 Å². The SMILES string of the molecule is COc1cccc(-c2nn(-c3ccccc3)cc2/C=C/C(=O)c2cccs2)c1. The molecule has 138 valence electrons. The van der Waals surface area contributed by atoms with Crippen LogP contribution in [0.1, 0.15) is 15.2 Å². The van der Waals surface area contributed by atoms with Crippen molar-refractivity contribution in [2.24, 2.45) is 0 Å².